The summed E-state index contributed by atoms with van der Waals surface area (Å²) in [5.41, 5.74) is -0.464. The minimum atomic E-state index is -0.849. The first-order chi connectivity index (χ1) is 9.43. The van der Waals surface area contributed by atoms with Gasteiger partial charge in [-0.2, -0.15) is 5.10 Å². The van der Waals surface area contributed by atoms with E-state index in [-0.39, 0.29) is 16.9 Å². The Morgan fingerprint density at radius 3 is 2.80 bits per heavy atom. The zero-order valence-electron chi connectivity index (χ0n) is 10.7. The maximum atomic E-state index is 13.8. The first-order valence-electron chi connectivity index (χ1n) is 5.58. The quantitative estimate of drug-likeness (QED) is 0.584. The summed E-state index contributed by atoms with van der Waals surface area (Å²) in [5, 5.41) is 3.86. The Morgan fingerprint density at radius 1 is 1.45 bits per heavy atom. The number of benzene rings is 1. The molecule has 0 fully saturated rings. The van der Waals surface area contributed by atoms with Crippen LogP contribution in [-0.2, 0) is 4.74 Å². The third-order valence-corrected chi connectivity index (χ3v) is 3.30. The Kier molecular flexibility index (Phi) is 4.17. The van der Waals surface area contributed by atoms with Crippen LogP contribution in [0.25, 0.3) is 5.69 Å². The van der Waals surface area contributed by atoms with Gasteiger partial charge in [0.25, 0.3) is 0 Å². The summed E-state index contributed by atoms with van der Waals surface area (Å²) in [7, 11) is 1.15. The summed E-state index contributed by atoms with van der Waals surface area (Å²) in [5.74, 6) is -1.35. The average Bonchev–Trinajstić information content (AvgIpc) is 2.43. The number of halogens is 2. The second kappa shape index (κ2) is 5.70. The van der Waals surface area contributed by atoms with E-state index >= 15 is 0 Å². The minimum absolute atomic E-state index is 0.158. The molecule has 0 aliphatic heterocycles. The summed E-state index contributed by atoms with van der Waals surface area (Å²) >= 11 is 2.03. The largest absolute Gasteiger partial charge is 0.464 e. The van der Waals surface area contributed by atoms with Gasteiger partial charge < -0.3 is 4.74 Å². The van der Waals surface area contributed by atoms with Crippen LogP contribution in [0.2, 0.25) is 0 Å². The molecule has 0 unspecified atom stereocenters. The molecule has 2 aromatic rings. The van der Waals surface area contributed by atoms with Gasteiger partial charge in [-0.1, -0.05) is 0 Å². The predicted molar refractivity (Wildman–Crippen MR) is 78.6 cm³/mol. The smallest absolute Gasteiger partial charge is 0.362 e. The van der Waals surface area contributed by atoms with Crippen molar-refractivity contribution in [3.8, 4) is 5.69 Å². The molecular formula is C13H10FIN2O3. The van der Waals surface area contributed by atoms with Crippen LogP contribution in [0, 0.1) is 16.3 Å². The second-order valence-corrected chi connectivity index (χ2v) is 5.27. The fourth-order valence-electron chi connectivity index (χ4n) is 1.63. The fraction of sp³-hybridized carbons (Fsp3) is 0.154. The lowest BCUT2D eigenvalue weighted by Gasteiger charge is -2.09. The Bertz CT molecular complexity index is 743. The predicted octanol–water partition coefficient (Wildman–Crippen LogP) is 2.07. The van der Waals surface area contributed by atoms with Gasteiger partial charge in [0.15, 0.2) is 0 Å². The van der Waals surface area contributed by atoms with Gasteiger partial charge in [0, 0.05) is 15.3 Å². The number of carbonyl (C=O) groups is 1. The third-order valence-electron chi connectivity index (χ3n) is 2.63. The number of esters is 1. The molecule has 0 atom stereocenters. The lowest BCUT2D eigenvalue weighted by atomic mass is 10.2. The van der Waals surface area contributed by atoms with Crippen LogP contribution < -0.4 is 5.43 Å². The second-order valence-electron chi connectivity index (χ2n) is 4.02. The normalized spacial score (nSPS) is 10.4. The van der Waals surface area contributed by atoms with Gasteiger partial charge in [-0.05, 0) is 47.7 Å². The molecule has 1 aromatic heterocycles. The number of aryl methyl sites for hydroxylation is 1. The van der Waals surface area contributed by atoms with E-state index in [0.29, 0.717) is 0 Å². The van der Waals surface area contributed by atoms with Crippen molar-refractivity contribution in [1.29, 1.82) is 0 Å². The van der Waals surface area contributed by atoms with Crippen molar-refractivity contribution in [3.63, 3.8) is 0 Å². The molecule has 20 heavy (non-hydrogen) atoms. The van der Waals surface area contributed by atoms with Crippen LogP contribution in [0.5, 0.6) is 0 Å². The molecule has 0 saturated carbocycles. The lowest BCUT2D eigenvalue weighted by Crippen LogP contribution is -2.24. The molecule has 0 bridgehead atoms. The maximum Gasteiger partial charge on any atom is 0.362 e. The van der Waals surface area contributed by atoms with Gasteiger partial charge >= 0.3 is 5.97 Å². The molecule has 1 heterocycles. The molecule has 0 N–H and O–H groups in total. The number of nitrogens with zero attached hydrogens (tertiary/aromatic N) is 2. The number of hydrogen-bond acceptors (Lipinski definition) is 4. The van der Waals surface area contributed by atoms with Crippen LogP contribution in [0.3, 0.4) is 0 Å². The molecule has 0 aliphatic carbocycles. The lowest BCUT2D eigenvalue weighted by molar-refractivity contribution is 0.0590. The Morgan fingerprint density at radius 2 is 2.15 bits per heavy atom. The Balaban J connectivity index is 2.70. The van der Waals surface area contributed by atoms with Crippen LogP contribution in [-0.4, -0.2) is 22.9 Å². The summed E-state index contributed by atoms with van der Waals surface area (Å²) in [6.45, 7) is 1.53. The SMILES string of the molecule is COC(=O)c1nn(-c2cc(I)ccc2F)cc(C)c1=O. The molecule has 1 aromatic carbocycles. The molecule has 0 saturated heterocycles. The highest BCUT2D eigenvalue weighted by Gasteiger charge is 2.17. The van der Waals surface area contributed by atoms with E-state index in [1.54, 1.807) is 12.1 Å². The highest BCUT2D eigenvalue weighted by atomic mass is 127. The number of methoxy groups -OCH3 is 1. The number of aromatic nitrogens is 2. The maximum absolute atomic E-state index is 13.8. The molecule has 5 nitrogen and oxygen atoms in total. The van der Waals surface area contributed by atoms with Crippen molar-refractivity contribution >= 4 is 28.6 Å². The summed E-state index contributed by atoms with van der Waals surface area (Å²) in [4.78, 5) is 23.4. The molecule has 0 amide bonds. The summed E-state index contributed by atoms with van der Waals surface area (Å²) in [6.07, 6.45) is 1.38. The average molecular weight is 388 g/mol. The van der Waals surface area contributed by atoms with E-state index in [2.05, 4.69) is 9.84 Å². The van der Waals surface area contributed by atoms with Crippen LogP contribution in [0.1, 0.15) is 16.1 Å². The summed E-state index contributed by atoms with van der Waals surface area (Å²) < 4.78 is 20.3. The number of hydrogen-bond donors (Lipinski definition) is 0. The molecular weight excluding hydrogens is 378 g/mol. The zero-order valence-corrected chi connectivity index (χ0v) is 12.8. The van der Waals surface area contributed by atoms with E-state index in [4.69, 9.17) is 0 Å². The van der Waals surface area contributed by atoms with Crippen molar-refractivity contribution in [3.05, 3.63) is 55.3 Å². The molecule has 0 spiro atoms. The molecule has 7 heteroatoms. The standard InChI is InChI=1S/C13H10FIN2O3/c1-7-6-17(10-5-8(15)3-4-9(10)14)16-11(12(7)18)13(19)20-2/h3-6H,1-2H3. The van der Waals surface area contributed by atoms with E-state index < -0.39 is 17.2 Å². The molecule has 0 radical (unpaired) electrons. The Labute approximate surface area is 127 Å². The highest BCUT2D eigenvalue weighted by molar-refractivity contribution is 14.1. The number of rotatable bonds is 2. The van der Waals surface area contributed by atoms with Crippen LogP contribution >= 0.6 is 22.6 Å². The monoisotopic (exact) mass is 388 g/mol. The van der Waals surface area contributed by atoms with Crippen molar-refractivity contribution in [2.45, 2.75) is 6.92 Å². The molecule has 0 aliphatic rings. The van der Waals surface area contributed by atoms with E-state index in [0.717, 1.165) is 10.7 Å². The van der Waals surface area contributed by atoms with E-state index in [9.17, 15) is 14.0 Å². The van der Waals surface area contributed by atoms with Crippen LogP contribution in [0.4, 0.5) is 4.39 Å². The first kappa shape index (κ1) is 14.6. The van der Waals surface area contributed by atoms with Crippen LogP contribution in [0.15, 0.2) is 29.2 Å². The van der Waals surface area contributed by atoms with Gasteiger partial charge in [0.1, 0.15) is 11.5 Å². The number of carbonyl (C=O) groups excluding carboxylic acids is 1. The van der Waals surface area contributed by atoms with Crippen molar-refractivity contribution in [2.24, 2.45) is 0 Å². The number of ether oxygens (including phenoxy) is 1. The van der Waals surface area contributed by atoms with Gasteiger partial charge in [-0.15, -0.1) is 0 Å². The van der Waals surface area contributed by atoms with Gasteiger partial charge in [-0.3, -0.25) is 4.79 Å². The Hall–Kier alpha value is -1.77. The van der Waals surface area contributed by atoms with Gasteiger partial charge in [-0.25, -0.2) is 13.9 Å². The zero-order chi connectivity index (χ0) is 14.9. The summed E-state index contributed by atoms with van der Waals surface area (Å²) in [6, 6.07) is 4.47. The highest BCUT2D eigenvalue weighted by Crippen LogP contribution is 2.16. The van der Waals surface area contributed by atoms with Gasteiger partial charge in [0.05, 0.1) is 7.11 Å². The van der Waals surface area contributed by atoms with Crippen molar-refractivity contribution < 1.29 is 13.9 Å². The fourth-order valence-corrected chi connectivity index (χ4v) is 2.10. The molecule has 2 rings (SSSR count). The minimum Gasteiger partial charge on any atom is -0.464 e. The van der Waals surface area contributed by atoms with Crippen molar-refractivity contribution in [2.75, 3.05) is 7.11 Å². The van der Waals surface area contributed by atoms with E-state index in [1.165, 1.54) is 23.9 Å². The topological polar surface area (TPSA) is 61.2 Å². The van der Waals surface area contributed by atoms with E-state index in [1.807, 2.05) is 22.6 Å². The van der Waals surface area contributed by atoms with Crippen molar-refractivity contribution in [1.82, 2.24) is 9.78 Å². The first-order valence-corrected chi connectivity index (χ1v) is 6.66. The third kappa shape index (κ3) is 2.72. The molecule has 104 valence electrons. The van der Waals surface area contributed by atoms with Gasteiger partial charge in [0.2, 0.25) is 11.1 Å².